The molecular weight excluding hydrogens is 230 g/mol. The first-order chi connectivity index (χ1) is 8.61. The third kappa shape index (κ3) is 2.27. The molecule has 94 valence electrons. The highest BCUT2D eigenvalue weighted by molar-refractivity contribution is 6.01. The molecule has 0 saturated heterocycles. The number of aliphatic imine (C=N–C) groups is 1. The second-order valence-electron chi connectivity index (χ2n) is 3.73. The minimum absolute atomic E-state index is 0.0449. The predicted molar refractivity (Wildman–Crippen MR) is 72.8 cm³/mol. The number of rotatable bonds is 2. The summed E-state index contributed by atoms with van der Waals surface area (Å²) in [4.78, 5) is 5.30. The Kier molecular flexibility index (Phi) is 3.18. The van der Waals surface area contributed by atoms with Crippen LogP contribution in [0.15, 0.2) is 39.7 Å². The molecule has 2 aromatic rings. The van der Waals surface area contributed by atoms with E-state index in [1.807, 2.05) is 37.3 Å². The van der Waals surface area contributed by atoms with Crippen LogP contribution in [0.5, 0.6) is 0 Å². The van der Waals surface area contributed by atoms with Crippen molar-refractivity contribution >= 4 is 28.8 Å². The zero-order valence-electron chi connectivity index (χ0n) is 10.1. The van der Waals surface area contributed by atoms with Crippen molar-refractivity contribution in [1.82, 2.24) is 0 Å². The number of fused-ring (bicyclic) bond motifs is 1. The highest BCUT2D eigenvalue weighted by Crippen LogP contribution is 2.25. The van der Waals surface area contributed by atoms with Crippen LogP contribution in [-0.2, 0) is 0 Å². The molecule has 0 unspecified atom stereocenters. The minimum atomic E-state index is -0.144. The highest BCUT2D eigenvalue weighted by Gasteiger charge is 2.14. The molecule has 0 bridgehead atoms. The normalized spacial score (nSPS) is 10.3. The van der Waals surface area contributed by atoms with Crippen LogP contribution in [0.4, 0.5) is 5.88 Å². The van der Waals surface area contributed by atoms with Gasteiger partial charge < -0.3 is 15.9 Å². The molecule has 6 nitrogen and oxygen atoms in total. The Morgan fingerprint density at radius 3 is 2.72 bits per heavy atom. The second-order valence-corrected chi connectivity index (χ2v) is 3.73. The van der Waals surface area contributed by atoms with Crippen molar-refractivity contribution in [1.29, 1.82) is 5.41 Å². The lowest BCUT2D eigenvalue weighted by atomic mass is 10.2. The zero-order valence-corrected chi connectivity index (χ0v) is 10.1. The van der Waals surface area contributed by atoms with Crippen LogP contribution in [0.25, 0.3) is 11.0 Å². The van der Waals surface area contributed by atoms with Crippen molar-refractivity contribution in [3.63, 3.8) is 0 Å². The van der Waals surface area contributed by atoms with Crippen LogP contribution in [-0.4, -0.2) is 18.5 Å². The molecule has 1 aromatic heterocycles. The van der Waals surface area contributed by atoms with E-state index in [4.69, 9.17) is 21.3 Å². The first kappa shape index (κ1) is 12.0. The number of hydrogen-bond acceptors (Lipinski definition) is 2. The molecule has 0 aliphatic heterocycles. The number of nitrogens with zero attached hydrogens (tertiary/aromatic N) is 2. The SMILES string of the molecule is CCN(C(=N)N=C(N)N)c1cc2ccccc2o1. The van der Waals surface area contributed by atoms with Gasteiger partial charge in [0, 0.05) is 18.0 Å². The molecule has 0 aliphatic rings. The summed E-state index contributed by atoms with van der Waals surface area (Å²) in [5.41, 5.74) is 11.3. The van der Waals surface area contributed by atoms with E-state index in [1.165, 1.54) is 0 Å². The summed E-state index contributed by atoms with van der Waals surface area (Å²) in [6.07, 6.45) is 0. The lowest BCUT2D eigenvalue weighted by Gasteiger charge is -2.16. The molecule has 5 N–H and O–H groups in total. The van der Waals surface area contributed by atoms with E-state index in [9.17, 15) is 0 Å². The first-order valence-corrected chi connectivity index (χ1v) is 5.56. The number of hydrogen-bond donors (Lipinski definition) is 3. The summed E-state index contributed by atoms with van der Waals surface area (Å²) < 4.78 is 5.66. The van der Waals surface area contributed by atoms with Crippen molar-refractivity contribution < 1.29 is 4.42 Å². The van der Waals surface area contributed by atoms with Gasteiger partial charge in [-0.3, -0.25) is 10.3 Å². The average Bonchev–Trinajstić information content (AvgIpc) is 2.71. The summed E-state index contributed by atoms with van der Waals surface area (Å²) in [7, 11) is 0. The Morgan fingerprint density at radius 2 is 2.11 bits per heavy atom. The number of guanidine groups is 2. The molecule has 2 rings (SSSR count). The fourth-order valence-electron chi connectivity index (χ4n) is 1.69. The van der Waals surface area contributed by atoms with Gasteiger partial charge in [0.1, 0.15) is 5.58 Å². The first-order valence-electron chi connectivity index (χ1n) is 5.56. The second kappa shape index (κ2) is 4.79. The van der Waals surface area contributed by atoms with Crippen molar-refractivity contribution in [2.24, 2.45) is 16.5 Å². The van der Waals surface area contributed by atoms with E-state index in [-0.39, 0.29) is 11.9 Å². The number of furan rings is 1. The molecule has 0 fully saturated rings. The van der Waals surface area contributed by atoms with Gasteiger partial charge in [0.15, 0.2) is 5.96 Å². The van der Waals surface area contributed by atoms with Gasteiger partial charge in [-0.05, 0) is 13.0 Å². The molecule has 0 amide bonds. The molecule has 0 spiro atoms. The summed E-state index contributed by atoms with van der Waals surface area (Å²) in [6, 6.07) is 9.50. The molecular formula is C12H15N5O. The summed E-state index contributed by atoms with van der Waals surface area (Å²) in [6.45, 7) is 2.43. The average molecular weight is 245 g/mol. The molecule has 0 atom stereocenters. The molecule has 1 aromatic carbocycles. The van der Waals surface area contributed by atoms with Crippen molar-refractivity contribution in [2.75, 3.05) is 11.4 Å². The molecule has 0 radical (unpaired) electrons. The van der Waals surface area contributed by atoms with E-state index < -0.39 is 0 Å². The summed E-state index contributed by atoms with van der Waals surface area (Å²) >= 11 is 0. The van der Waals surface area contributed by atoms with E-state index in [0.29, 0.717) is 12.4 Å². The van der Waals surface area contributed by atoms with Crippen molar-refractivity contribution in [3.05, 3.63) is 30.3 Å². The van der Waals surface area contributed by atoms with Gasteiger partial charge in [-0.1, -0.05) is 18.2 Å². The number of nitrogens with two attached hydrogens (primary N) is 2. The largest absolute Gasteiger partial charge is 0.440 e. The number of nitrogens with one attached hydrogen (secondary N) is 1. The maximum atomic E-state index is 7.81. The Balaban J connectivity index is 2.38. The lowest BCUT2D eigenvalue weighted by molar-refractivity contribution is 0.611. The third-order valence-electron chi connectivity index (χ3n) is 2.49. The highest BCUT2D eigenvalue weighted by atomic mass is 16.4. The van der Waals surface area contributed by atoms with E-state index >= 15 is 0 Å². The Bertz CT molecular complexity index is 564. The summed E-state index contributed by atoms with van der Waals surface area (Å²) in [5, 5.41) is 8.78. The van der Waals surface area contributed by atoms with Crippen LogP contribution < -0.4 is 16.4 Å². The van der Waals surface area contributed by atoms with E-state index in [2.05, 4.69) is 4.99 Å². The van der Waals surface area contributed by atoms with Crippen LogP contribution in [0.2, 0.25) is 0 Å². The van der Waals surface area contributed by atoms with Crippen molar-refractivity contribution in [2.45, 2.75) is 6.92 Å². The van der Waals surface area contributed by atoms with Gasteiger partial charge in [-0.15, -0.1) is 0 Å². The zero-order chi connectivity index (χ0) is 13.1. The molecule has 6 heteroatoms. The van der Waals surface area contributed by atoms with E-state index in [0.717, 1.165) is 11.0 Å². The number of anilines is 1. The lowest BCUT2D eigenvalue weighted by Crippen LogP contribution is -2.32. The molecule has 1 heterocycles. The van der Waals surface area contributed by atoms with Crippen LogP contribution in [0.1, 0.15) is 6.92 Å². The van der Waals surface area contributed by atoms with Gasteiger partial charge in [0.05, 0.1) is 0 Å². The van der Waals surface area contributed by atoms with Gasteiger partial charge in [0.2, 0.25) is 11.8 Å². The van der Waals surface area contributed by atoms with Gasteiger partial charge in [0.25, 0.3) is 0 Å². The fourth-order valence-corrected chi connectivity index (χ4v) is 1.69. The predicted octanol–water partition coefficient (Wildman–Crippen LogP) is 1.47. The maximum absolute atomic E-state index is 7.81. The Labute approximate surface area is 104 Å². The maximum Gasteiger partial charge on any atom is 0.227 e. The smallest absolute Gasteiger partial charge is 0.227 e. The monoisotopic (exact) mass is 245 g/mol. The topological polar surface area (TPSA) is 105 Å². The Morgan fingerprint density at radius 1 is 1.39 bits per heavy atom. The summed E-state index contributed by atoms with van der Waals surface area (Å²) in [5.74, 6) is 0.361. The number of benzene rings is 1. The van der Waals surface area contributed by atoms with Gasteiger partial charge >= 0.3 is 0 Å². The van der Waals surface area contributed by atoms with Crippen LogP contribution in [0, 0.1) is 5.41 Å². The Hall–Kier alpha value is -2.50. The molecule has 0 saturated carbocycles. The standard InChI is InChI=1S/C12H15N5O/c1-2-17(12(15)16-11(13)14)10-7-8-5-3-4-6-9(8)18-10/h3-7H,2H2,1H3,(H5,13,14,15,16). The minimum Gasteiger partial charge on any atom is -0.440 e. The van der Waals surface area contributed by atoms with Crippen molar-refractivity contribution in [3.8, 4) is 0 Å². The fraction of sp³-hybridized carbons (Fsp3) is 0.167. The molecule has 0 aliphatic carbocycles. The number of para-hydroxylation sites is 1. The van der Waals surface area contributed by atoms with Gasteiger partial charge in [-0.2, -0.15) is 4.99 Å². The van der Waals surface area contributed by atoms with Crippen LogP contribution >= 0.6 is 0 Å². The van der Waals surface area contributed by atoms with Crippen LogP contribution in [0.3, 0.4) is 0 Å². The van der Waals surface area contributed by atoms with E-state index in [1.54, 1.807) is 4.90 Å². The quantitative estimate of drug-likeness (QED) is 0.550. The third-order valence-corrected chi connectivity index (χ3v) is 2.49. The molecule has 18 heavy (non-hydrogen) atoms. The van der Waals surface area contributed by atoms with Gasteiger partial charge in [-0.25, -0.2) is 0 Å².